The molecule has 0 saturated heterocycles. The molecule has 0 spiro atoms. The summed E-state index contributed by atoms with van der Waals surface area (Å²) in [6, 6.07) is 6.86. The van der Waals surface area contributed by atoms with Crippen molar-refractivity contribution in [2.75, 3.05) is 7.05 Å². The van der Waals surface area contributed by atoms with Gasteiger partial charge in [0.25, 0.3) is 0 Å². The highest BCUT2D eigenvalue weighted by Crippen LogP contribution is 2.27. The molecule has 0 radical (unpaired) electrons. The van der Waals surface area contributed by atoms with Crippen molar-refractivity contribution in [1.82, 2.24) is 4.90 Å². The first-order valence-corrected chi connectivity index (χ1v) is 6.05. The first-order chi connectivity index (χ1) is 8.22. The standard InChI is InChI=1S/C14H22N2O2/c1-10(11-7-5-6-8-12(11)17)16(4)13(18)9-14(2,3)15/h5-8,10,17H,9,15H2,1-4H3. The van der Waals surface area contributed by atoms with Crippen LogP contribution >= 0.6 is 0 Å². The van der Waals surface area contributed by atoms with Crippen molar-refractivity contribution >= 4 is 5.91 Å². The minimum atomic E-state index is -0.524. The smallest absolute Gasteiger partial charge is 0.224 e. The molecule has 4 nitrogen and oxygen atoms in total. The highest BCUT2D eigenvalue weighted by Gasteiger charge is 2.24. The summed E-state index contributed by atoms with van der Waals surface area (Å²) in [5.74, 6) is 0.176. The van der Waals surface area contributed by atoms with E-state index in [2.05, 4.69) is 0 Å². The van der Waals surface area contributed by atoms with E-state index in [4.69, 9.17) is 5.73 Å². The highest BCUT2D eigenvalue weighted by molar-refractivity contribution is 5.77. The van der Waals surface area contributed by atoms with Gasteiger partial charge in [0, 0.05) is 24.6 Å². The molecule has 1 amide bonds. The summed E-state index contributed by atoms with van der Waals surface area (Å²) in [5.41, 5.74) is 6.06. The molecule has 1 unspecified atom stereocenters. The maximum absolute atomic E-state index is 12.0. The Balaban J connectivity index is 2.82. The second kappa shape index (κ2) is 5.40. The Morgan fingerprint density at radius 3 is 2.50 bits per heavy atom. The summed E-state index contributed by atoms with van der Waals surface area (Å²) < 4.78 is 0. The van der Waals surface area contributed by atoms with Gasteiger partial charge in [-0.1, -0.05) is 18.2 Å². The van der Waals surface area contributed by atoms with E-state index < -0.39 is 5.54 Å². The number of hydrogen-bond acceptors (Lipinski definition) is 3. The molecule has 1 aromatic carbocycles. The van der Waals surface area contributed by atoms with Crippen LogP contribution in [0.5, 0.6) is 5.75 Å². The lowest BCUT2D eigenvalue weighted by atomic mass is 10.00. The largest absolute Gasteiger partial charge is 0.508 e. The predicted molar refractivity (Wildman–Crippen MR) is 72.2 cm³/mol. The van der Waals surface area contributed by atoms with Crippen molar-refractivity contribution in [3.05, 3.63) is 29.8 Å². The van der Waals surface area contributed by atoms with E-state index in [9.17, 15) is 9.90 Å². The average Bonchev–Trinajstić information content (AvgIpc) is 2.25. The summed E-state index contributed by atoms with van der Waals surface area (Å²) in [5, 5.41) is 9.78. The minimum absolute atomic E-state index is 0.0294. The lowest BCUT2D eigenvalue weighted by Crippen LogP contribution is -2.40. The SMILES string of the molecule is CC(c1ccccc1O)N(C)C(=O)CC(C)(C)N. The van der Waals surface area contributed by atoms with Crippen LogP contribution in [0.15, 0.2) is 24.3 Å². The molecule has 0 aliphatic rings. The van der Waals surface area contributed by atoms with Crippen LogP contribution in [0.3, 0.4) is 0 Å². The molecule has 0 heterocycles. The van der Waals surface area contributed by atoms with Gasteiger partial charge < -0.3 is 15.7 Å². The summed E-state index contributed by atoms with van der Waals surface area (Å²) in [7, 11) is 1.73. The van der Waals surface area contributed by atoms with E-state index >= 15 is 0 Å². The second-order valence-electron chi connectivity index (χ2n) is 5.40. The van der Waals surface area contributed by atoms with Crippen LogP contribution in [0.4, 0.5) is 0 Å². The van der Waals surface area contributed by atoms with Crippen LogP contribution < -0.4 is 5.73 Å². The quantitative estimate of drug-likeness (QED) is 0.859. The third kappa shape index (κ3) is 3.74. The summed E-state index contributed by atoms with van der Waals surface area (Å²) >= 11 is 0. The zero-order chi connectivity index (χ0) is 13.9. The molecule has 0 saturated carbocycles. The molecular weight excluding hydrogens is 228 g/mol. The van der Waals surface area contributed by atoms with Crippen molar-refractivity contribution in [3.8, 4) is 5.75 Å². The first kappa shape index (κ1) is 14.5. The normalized spacial score (nSPS) is 13.2. The van der Waals surface area contributed by atoms with Gasteiger partial charge in [-0.2, -0.15) is 0 Å². The number of nitrogens with two attached hydrogens (primary N) is 1. The van der Waals surface area contributed by atoms with Crippen molar-refractivity contribution in [2.45, 2.75) is 38.8 Å². The number of carbonyl (C=O) groups excluding carboxylic acids is 1. The highest BCUT2D eigenvalue weighted by atomic mass is 16.3. The molecule has 0 aromatic heterocycles. The maximum atomic E-state index is 12.0. The Hall–Kier alpha value is -1.55. The molecule has 100 valence electrons. The van der Waals surface area contributed by atoms with E-state index in [-0.39, 0.29) is 24.1 Å². The van der Waals surface area contributed by atoms with Crippen LogP contribution in [-0.2, 0) is 4.79 Å². The van der Waals surface area contributed by atoms with Crippen LogP contribution in [0, 0.1) is 0 Å². The number of para-hydroxylation sites is 1. The number of hydrogen-bond donors (Lipinski definition) is 2. The topological polar surface area (TPSA) is 66.6 Å². The number of phenolic OH excluding ortho intramolecular Hbond substituents is 1. The fourth-order valence-corrected chi connectivity index (χ4v) is 1.78. The van der Waals surface area contributed by atoms with Gasteiger partial charge in [-0.15, -0.1) is 0 Å². The molecule has 4 heteroatoms. The van der Waals surface area contributed by atoms with E-state index in [1.54, 1.807) is 24.1 Å². The Bertz CT molecular complexity index is 424. The molecular formula is C14H22N2O2. The molecule has 1 aromatic rings. The van der Waals surface area contributed by atoms with Crippen LogP contribution in [0.25, 0.3) is 0 Å². The molecule has 0 bridgehead atoms. The third-order valence-electron chi connectivity index (χ3n) is 2.97. The fraction of sp³-hybridized carbons (Fsp3) is 0.500. The average molecular weight is 250 g/mol. The van der Waals surface area contributed by atoms with Crippen LogP contribution in [0.2, 0.25) is 0 Å². The summed E-state index contributed by atoms with van der Waals surface area (Å²) in [4.78, 5) is 13.7. The van der Waals surface area contributed by atoms with Crippen LogP contribution in [0.1, 0.15) is 38.8 Å². The predicted octanol–water partition coefficient (Wildman–Crippen LogP) is 2.04. The van der Waals surface area contributed by atoms with Gasteiger partial charge in [0.05, 0.1) is 6.04 Å². The van der Waals surface area contributed by atoms with E-state index in [1.165, 1.54) is 0 Å². The fourth-order valence-electron chi connectivity index (χ4n) is 1.78. The zero-order valence-corrected chi connectivity index (χ0v) is 11.5. The van der Waals surface area contributed by atoms with Gasteiger partial charge in [0.2, 0.25) is 5.91 Å². The molecule has 3 N–H and O–H groups in total. The third-order valence-corrected chi connectivity index (χ3v) is 2.97. The van der Waals surface area contributed by atoms with Crippen molar-refractivity contribution < 1.29 is 9.90 Å². The minimum Gasteiger partial charge on any atom is -0.508 e. The van der Waals surface area contributed by atoms with E-state index in [1.807, 2.05) is 32.9 Å². The molecule has 18 heavy (non-hydrogen) atoms. The van der Waals surface area contributed by atoms with E-state index in [0.717, 1.165) is 5.56 Å². The Kier molecular flexibility index (Phi) is 4.35. The number of carbonyl (C=O) groups is 1. The maximum Gasteiger partial charge on any atom is 0.224 e. The van der Waals surface area contributed by atoms with Crippen molar-refractivity contribution in [2.24, 2.45) is 5.73 Å². The Morgan fingerprint density at radius 2 is 2.00 bits per heavy atom. The second-order valence-corrected chi connectivity index (χ2v) is 5.40. The number of phenols is 1. The number of amides is 1. The van der Waals surface area contributed by atoms with Crippen molar-refractivity contribution in [1.29, 1.82) is 0 Å². The molecule has 0 fully saturated rings. The van der Waals surface area contributed by atoms with Crippen molar-refractivity contribution in [3.63, 3.8) is 0 Å². The van der Waals surface area contributed by atoms with Gasteiger partial charge in [-0.25, -0.2) is 0 Å². The molecule has 1 atom stereocenters. The van der Waals surface area contributed by atoms with Gasteiger partial charge in [0.1, 0.15) is 5.75 Å². The van der Waals surface area contributed by atoms with Gasteiger partial charge >= 0.3 is 0 Å². The molecule has 1 rings (SSSR count). The lowest BCUT2D eigenvalue weighted by Gasteiger charge is -2.28. The lowest BCUT2D eigenvalue weighted by molar-refractivity contribution is -0.132. The summed E-state index contributed by atoms with van der Waals surface area (Å²) in [6.07, 6.45) is 0.279. The van der Waals surface area contributed by atoms with Gasteiger partial charge in [-0.3, -0.25) is 4.79 Å². The molecule has 0 aliphatic heterocycles. The number of rotatable bonds is 4. The zero-order valence-electron chi connectivity index (χ0n) is 11.5. The van der Waals surface area contributed by atoms with Gasteiger partial charge in [-0.05, 0) is 26.8 Å². The Labute approximate surface area is 108 Å². The Morgan fingerprint density at radius 1 is 1.44 bits per heavy atom. The number of benzene rings is 1. The number of aromatic hydroxyl groups is 1. The van der Waals surface area contributed by atoms with Gasteiger partial charge in [0.15, 0.2) is 0 Å². The van der Waals surface area contributed by atoms with Crippen LogP contribution in [-0.4, -0.2) is 28.5 Å². The first-order valence-electron chi connectivity index (χ1n) is 6.05. The molecule has 0 aliphatic carbocycles. The monoisotopic (exact) mass is 250 g/mol. The van der Waals surface area contributed by atoms with E-state index in [0.29, 0.717) is 0 Å². The summed E-state index contributed by atoms with van der Waals surface area (Å²) in [6.45, 7) is 5.53. The number of nitrogens with zero attached hydrogens (tertiary/aromatic N) is 1.